The summed E-state index contributed by atoms with van der Waals surface area (Å²) in [6.45, 7) is 2.02. The maximum atomic E-state index is 12.7. The van der Waals surface area contributed by atoms with Crippen LogP contribution >= 0.6 is 0 Å². The van der Waals surface area contributed by atoms with Gasteiger partial charge in [0.05, 0.1) is 11.7 Å². The molecule has 0 fully saturated rings. The van der Waals surface area contributed by atoms with Gasteiger partial charge in [0.1, 0.15) is 5.82 Å². The Labute approximate surface area is 94.2 Å². The van der Waals surface area contributed by atoms with Crippen LogP contribution in [0.25, 0.3) is 0 Å². The number of hydrogen-bond donors (Lipinski definition) is 1. The third-order valence-corrected chi connectivity index (χ3v) is 2.36. The van der Waals surface area contributed by atoms with E-state index in [4.69, 9.17) is 0 Å². The molecular formula is C13H13FN2. The summed E-state index contributed by atoms with van der Waals surface area (Å²) < 4.78 is 12.7. The highest BCUT2D eigenvalue weighted by atomic mass is 19.1. The zero-order valence-electron chi connectivity index (χ0n) is 9.02. The van der Waals surface area contributed by atoms with E-state index in [-0.39, 0.29) is 11.9 Å². The molecule has 2 aromatic rings. The number of rotatable bonds is 3. The molecule has 0 bridgehead atoms. The van der Waals surface area contributed by atoms with Crippen LogP contribution < -0.4 is 5.32 Å². The Morgan fingerprint density at radius 2 is 1.88 bits per heavy atom. The zero-order valence-corrected chi connectivity index (χ0v) is 9.02. The lowest BCUT2D eigenvalue weighted by Crippen LogP contribution is -2.07. The van der Waals surface area contributed by atoms with Crippen LogP contribution in [0.1, 0.15) is 18.7 Å². The number of nitrogens with one attached hydrogen (secondary N) is 1. The van der Waals surface area contributed by atoms with E-state index in [0.717, 1.165) is 11.4 Å². The van der Waals surface area contributed by atoms with Crippen LogP contribution in [-0.4, -0.2) is 4.98 Å². The Bertz CT molecular complexity index is 439. The van der Waals surface area contributed by atoms with Crippen molar-refractivity contribution in [2.75, 3.05) is 5.32 Å². The first-order valence-electron chi connectivity index (χ1n) is 5.19. The fraction of sp³-hybridized carbons (Fsp3) is 0.154. The first kappa shape index (κ1) is 10.6. The highest BCUT2D eigenvalue weighted by Crippen LogP contribution is 2.17. The number of anilines is 1. The van der Waals surface area contributed by atoms with Crippen molar-refractivity contribution >= 4 is 5.69 Å². The maximum absolute atomic E-state index is 12.7. The molecule has 0 aliphatic heterocycles. The van der Waals surface area contributed by atoms with Crippen LogP contribution in [0, 0.1) is 5.82 Å². The maximum Gasteiger partial charge on any atom is 0.123 e. The lowest BCUT2D eigenvalue weighted by molar-refractivity contribution is 0.628. The second-order valence-corrected chi connectivity index (χ2v) is 3.63. The third-order valence-electron chi connectivity index (χ3n) is 2.36. The summed E-state index contributed by atoms with van der Waals surface area (Å²) in [6.07, 6.45) is 1.76. The topological polar surface area (TPSA) is 24.9 Å². The van der Waals surface area contributed by atoms with Gasteiger partial charge < -0.3 is 5.32 Å². The smallest absolute Gasteiger partial charge is 0.123 e. The van der Waals surface area contributed by atoms with Gasteiger partial charge in [-0.3, -0.25) is 4.98 Å². The van der Waals surface area contributed by atoms with Gasteiger partial charge >= 0.3 is 0 Å². The molecular weight excluding hydrogens is 203 g/mol. The summed E-state index contributed by atoms with van der Waals surface area (Å²) in [7, 11) is 0. The van der Waals surface area contributed by atoms with E-state index < -0.39 is 0 Å². The second kappa shape index (κ2) is 4.75. The first-order chi connectivity index (χ1) is 7.75. The summed E-state index contributed by atoms with van der Waals surface area (Å²) >= 11 is 0. The van der Waals surface area contributed by atoms with Gasteiger partial charge in [-0.05, 0) is 43.3 Å². The van der Waals surface area contributed by atoms with E-state index in [1.165, 1.54) is 12.1 Å². The predicted octanol–water partition coefficient (Wildman–Crippen LogP) is 3.39. The Hall–Kier alpha value is -1.90. The van der Waals surface area contributed by atoms with Crippen LogP contribution in [0.15, 0.2) is 48.7 Å². The highest BCUT2D eigenvalue weighted by molar-refractivity contribution is 5.44. The minimum atomic E-state index is -0.226. The van der Waals surface area contributed by atoms with Gasteiger partial charge in [0.15, 0.2) is 0 Å². The van der Waals surface area contributed by atoms with Gasteiger partial charge in [-0.25, -0.2) is 4.39 Å². The number of benzene rings is 1. The molecule has 0 saturated heterocycles. The molecule has 0 aliphatic rings. The standard InChI is InChI=1S/C13H13FN2/c1-10(13-4-2-3-9-15-13)16-12-7-5-11(14)6-8-12/h2-10,16H,1H3. The van der Waals surface area contributed by atoms with Crippen molar-refractivity contribution < 1.29 is 4.39 Å². The quantitative estimate of drug-likeness (QED) is 0.850. The molecule has 0 saturated carbocycles. The van der Waals surface area contributed by atoms with Crippen LogP contribution in [0.4, 0.5) is 10.1 Å². The molecule has 1 aromatic heterocycles. The Kier molecular flexibility index (Phi) is 3.15. The highest BCUT2D eigenvalue weighted by Gasteiger charge is 2.05. The number of halogens is 1. The predicted molar refractivity (Wildman–Crippen MR) is 62.7 cm³/mol. The Balaban J connectivity index is 2.08. The lowest BCUT2D eigenvalue weighted by atomic mass is 10.2. The van der Waals surface area contributed by atoms with E-state index in [1.807, 2.05) is 25.1 Å². The van der Waals surface area contributed by atoms with Gasteiger partial charge in [-0.1, -0.05) is 6.07 Å². The van der Waals surface area contributed by atoms with Crippen LogP contribution in [0.5, 0.6) is 0 Å². The fourth-order valence-corrected chi connectivity index (χ4v) is 1.50. The normalized spacial score (nSPS) is 12.1. The number of nitrogens with zero attached hydrogens (tertiary/aromatic N) is 1. The molecule has 3 heteroatoms. The van der Waals surface area contributed by atoms with Crippen molar-refractivity contribution in [3.05, 3.63) is 60.2 Å². The molecule has 0 spiro atoms. The monoisotopic (exact) mass is 216 g/mol. The minimum Gasteiger partial charge on any atom is -0.377 e. The largest absolute Gasteiger partial charge is 0.377 e. The summed E-state index contributed by atoms with van der Waals surface area (Å²) in [5.41, 5.74) is 1.85. The molecule has 1 unspecified atom stereocenters. The molecule has 16 heavy (non-hydrogen) atoms. The van der Waals surface area contributed by atoms with Crippen molar-refractivity contribution in [3.8, 4) is 0 Å². The average Bonchev–Trinajstić information content (AvgIpc) is 2.33. The second-order valence-electron chi connectivity index (χ2n) is 3.63. The SMILES string of the molecule is CC(Nc1ccc(F)cc1)c1ccccn1. The lowest BCUT2D eigenvalue weighted by Gasteiger charge is -2.14. The van der Waals surface area contributed by atoms with Crippen molar-refractivity contribution in [2.45, 2.75) is 13.0 Å². The molecule has 2 nitrogen and oxygen atoms in total. The number of pyridine rings is 1. The van der Waals surface area contributed by atoms with E-state index in [9.17, 15) is 4.39 Å². The van der Waals surface area contributed by atoms with Crippen molar-refractivity contribution in [2.24, 2.45) is 0 Å². The van der Waals surface area contributed by atoms with Gasteiger partial charge in [-0.2, -0.15) is 0 Å². The van der Waals surface area contributed by atoms with Crippen molar-refractivity contribution in [3.63, 3.8) is 0 Å². The minimum absolute atomic E-state index is 0.103. The van der Waals surface area contributed by atoms with Gasteiger partial charge in [0.2, 0.25) is 0 Å². The van der Waals surface area contributed by atoms with Crippen molar-refractivity contribution in [1.82, 2.24) is 4.98 Å². The Morgan fingerprint density at radius 1 is 1.12 bits per heavy atom. The van der Waals surface area contributed by atoms with Gasteiger partial charge in [-0.15, -0.1) is 0 Å². The van der Waals surface area contributed by atoms with Crippen LogP contribution in [0.3, 0.4) is 0 Å². The molecule has 1 heterocycles. The zero-order chi connectivity index (χ0) is 11.4. The van der Waals surface area contributed by atoms with E-state index >= 15 is 0 Å². The van der Waals surface area contributed by atoms with E-state index in [0.29, 0.717) is 0 Å². The molecule has 1 aromatic carbocycles. The van der Waals surface area contributed by atoms with Crippen molar-refractivity contribution in [1.29, 1.82) is 0 Å². The molecule has 0 aliphatic carbocycles. The molecule has 1 N–H and O–H groups in total. The third kappa shape index (κ3) is 2.57. The van der Waals surface area contributed by atoms with E-state index in [2.05, 4.69) is 10.3 Å². The van der Waals surface area contributed by atoms with E-state index in [1.54, 1.807) is 18.3 Å². The molecule has 82 valence electrons. The molecule has 2 rings (SSSR count). The molecule has 0 radical (unpaired) electrons. The Morgan fingerprint density at radius 3 is 2.50 bits per heavy atom. The summed E-state index contributed by atoms with van der Waals surface area (Å²) in [6, 6.07) is 12.2. The first-order valence-corrected chi connectivity index (χ1v) is 5.19. The fourth-order valence-electron chi connectivity index (χ4n) is 1.50. The summed E-state index contributed by atoms with van der Waals surface area (Å²) in [5, 5.41) is 3.26. The number of aromatic nitrogens is 1. The average molecular weight is 216 g/mol. The summed E-state index contributed by atoms with van der Waals surface area (Å²) in [5.74, 6) is -0.226. The number of hydrogen-bond acceptors (Lipinski definition) is 2. The van der Waals surface area contributed by atoms with Gasteiger partial charge in [0, 0.05) is 11.9 Å². The van der Waals surface area contributed by atoms with Crippen LogP contribution in [-0.2, 0) is 0 Å². The summed E-state index contributed by atoms with van der Waals surface area (Å²) in [4.78, 5) is 4.26. The molecule has 0 amide bonds. The van der Waals surface area contributed by atoms with Gasteiger partial charge in [0.25, 0.3) is 0 Å². The van der Waals surface area contributed by atoms with Crippen LogP contribution in [0.2, 0.25) is 0 Å². The molecule has 1 atom stereocenters.